The molecule has 0 unspecified atom stereocenters. The van der Waals surface area contributed by atoms with Crippen molar-refractivity contribution >= 4 is 5.84 Å². The molecule has 1 saturated heterocycles. The van der Waals surface area contributed by atoms with E-state index in [0.717, 1.165) is 87.9 Å². The van der Waals surface area contributed by atoms with E-state index in [0.29, 0.717) is 0 Å². The van der Waals surface area contributed by atoms with Crippen molar-refractivity contribution in [3.63, 3.8) is 0 Å². The van der Waals surface area contributed by atoms with Crippen molar-refractivity contribution in [2.75, 3.05) is 26.2 Å². The first-order valence-corrected chi connectivity index (χ1v) is 14.4. The lowest BCUT2D eigenvalue weighted by Gasteiger charge is -2.32. The van der Waals surface area contributed by atoms with Gasteiger partial charge in [-0.1, -0.05) is 36.4 Å². The fourth-order valence-corrected chi connectivity index (χ4v) is 5.97. The van der Waals surface area contributed by atoms with Crippen LogP contribution in [0.15, 0.2) is 66.7 Å². The predicted octanol–water partition coefficient (Wildman–Crippen LogP) is 6.13. The van der Waals surface area contributed by atoms with Crippen LogP contribution >= 0.6 is 0 Å². The Kier molecular flexibility index (Phi) is 9.27. The van der Waals surface area contributed by atoms with Crippen molar-refractivity contribution in [2.45, 2.75) is 58.2 Å². The smallest absolute Gasteiger partial charge is 0.123 e. The fraction of sp³-hybridized carbons (Fsp3) is 0.424. The van der Waals surface area contributed by atoms with Crippen molar-refractivity contribution in [2.24, 2.45) is 11.7 Å². The summed E-state index contributed by atoms with van der Waals surface area (Å²) in [5, 5.41) is 7.66. The van der Waals surface area contributed by atoms with Gasteiger partial charge in [0, 0.05) is 25.2 Å². The van der Waals surface area contributed by atoms with E-state index in [2.05, 4.69) is 34.1 Å². The Morgan fingerprint density at radius 3 is 2.49 bits per heavy atom. The Labute approximate surface area is 232 Å². The fourth-order valence-electron chi connectivity index (χ4n) is 5.97. The summed E-state index contributed by atoms with van der Waals surface area (Å²) < 4.78 is 19.5. The molecule has 0 spiro atoms. The molecule has 0 bridgehead atoms. The Morgan fingerprint density at radius 2 is 1.69 bits per heavy atom. The molecular weight excluding hydrogens is 487 g/mol. The zero-order chi connectivity index (χ0) is 27.0. The number of halogens is 1. The van der Waals surface area contributed by atoms with Gasteiger partial charge in [-0.25, -0.2) is 4.39 Å². The molecule has 3 N–H and O–H groups in total. The maximum atomic E-state index is 13.3. The summed E-state index contributed by atoms with van der Waals surface area (Å²) in [7, 11) is 0. The van der Waals surface area contributed by atoms with Gasteiger partial charge in [0.1, 0.15) is 17.4 Å². The van der Waals surface area contributed by atoms with Crippen LogP contribution in [0.5, 0.6) is 5.75 Å². The second kappa shape index (κ2) is 13.2. The molecule has 0 aliphatic carbocycles. The summed E-state index contributed by atoms with van der Waals surface area (Å²) in [6.45, 7) is 6.72. The number of likely N-dealkylation sites (tertiary alicyclic amines) is 1. The molecule has 5 rings (SSSR count). The molecule has 5 nitrogen and oxygen atoms in total. The summed E-state index contributed by atoms with van der Waals surface area (Å²) >= 11 is 0. The molecule has 3 aromatic carbocycles. The van der Waals surface area contributed by atoms with Crippen LogP contribution in [-0.2, 0) is 26.1 Å². The summed E-state index contributed by atoms with van der Waals surface area (Å²) in [4.78, 5) is 4.97. The van der Waals surface area contributed by atoms with Crippen LogP contribution in [0.25, 0.3) is 0 Å². The van der Waals surface area contributed by atoms with Gasteiger partial charge in [-0.05, 0) is 117 Å². The topological polar surface area (TPSA) is 65.6 Å². The quantitative estimate of drug-likeness (QED) is 0.189. The minimum atomic E-state index is -0.180. The van der Waals surface area contributed by atoms with Crippen molar-refractivity contribution < 1.29 is 9.13 Å². The minimum Gasteiger partial charge on any atom is -0.494 e. The first-order chi connectivity index (χ1) is 19.0. The summed E-state index contributed by atoms with van der Waals surface area (Å²) in [5.74, 6) is 1.69. The average molecular weight is 529 g/mol. The van der Waals surface area contributed by atoms with E-state index in [4.69, 9.17) is 15.9 Å². The Hall–Kier alpha value is -3.22. The number of aryl methyl sites for hydroxylation is 1. The van der Waals surface area contributed by atoms with Crippen LogP contribution in [0.4, 0.5) is 4.39 Å². The lowest BCUT2D eigenvalue weighted by atomic mass is 9.92. The highest BCUT2D eigenvalue weighted by Crippen LogP contribution is 2.26. The molecule has 2 aliphatic rings. The summed E-state index contributed by atoms with van der Waals surface area (Å²) in [6, 6.07) is 21.5. The lowest BCUT2D eigenvalue weighted by molar-refractivity contribution is 0.166. The van der Waals surface area contributed by atoms with E-state index in [9.17, 15) is 4.39 Å². The van der Waals surface area contributed by atoms with Gasteiger partial charge in [0.2, 0.25) is 0 Å². The van der Waals surface area contributed by atoms with Crippen molar-refractivity contribution in [1.82, 2.24) is 9.80 Å². The molecule has 0 radical (unpaired) electrons. The van der Waals surface area contributed by atoms with Crippen molar-refractivity contribution in [3.8, 4) is 5.75 Å². The highest BCUT2D eigenvalue weighted by atomic mass is 19.1. The highest BCUT2D eigenvalue weighted by molar-refractivity contribution is 5.95. The minimum absolute atomic E-state index is 0.132. The van der Waals surface area contributed by atoms with Crippen LogP contribution in [0.3, 0.4) is 0 Å². The number of fused-ring (bicyclic) bond motifs is 1. The van der Waals surface area contributed by atoms with Crippen LogP contribution in [0.1, 0.15) is 59.9 Å². The number of nitrogens with zero attached hydrogens (tertiary/aromatic N) is 2. The number of benzene rings is 3. The molecule has 39 heavy (non-hydrogen) atoms. The molecule has 2 heterocycles. The van der Waals surface area contributed by atoms with Gasteiger partial charge in [0.05, 0.1) is 6.61 Å². The van der Waals surface area contributed by atoms with E-state index in [-0.39, 0.29) is 11.7 Å². The van der Waals surface area contributed by atoms with Crippen LogP contribution in [0, 0.1) is 17.1 Å². The van der Waals surface area contributed by atoms with Crippen molar-refractivity contribution in [1.29, 1.82) is 5.41 Å². The van der Waals surface area contributed by atoms with E-state index < -0.39 is 0 Å². The zero-order valence-electron chi connectivity index (χ0n) is 22.9. The second-order valence-electron chi connectivity index (χ2n) is 11.2. The van der Waals surface area contributed by atoms with Crippen molar-refractivity contribution in [3.05, 3.63) is 100 Å². The van der Waals surface area contributed by atoms with Gasteiger partial charge in [-0.15, -0.1) is 0 Å². The van der Waals surface area contributed by atoms with Crippen LogP contribution in [0.2, 0.25) is 0 Å². The number of hydrogen-bond donors (Lipinski definition) is 2. The lowest BCUT2D eigenvalue weighted by Crippen LogP contribution is -2.33. The third-order valence-corrected chi connectivity index (χ3v) is 8.19. The number of rotatable bonds is 10. The number of nitrogens with two attached hydrogens (primary N) is 1. The van der Waals surface area contributed by atoms with E-state index in [1.54, 1.807) is 12.1 Å². The number of piperidine rings is 1. The third-order valence-electron chi connectivity index (χ3n) is 8.19. The van der Waals surface area contributed by atoms with Gasteiger partial charge in [0.25, 0.3) is 0 Å². The molecule has 0 saturated carbocycles. The molecule has 3 aromatic rings. The van der Waals surface area contributed by atoms with Crippen LogP contribution < -0.4 is 10.5 Å². The van der Waals surface area contributed by atoms with E-state index >= 15 is 0 Å². The molecule has 1 fully saturated rings. The van der Waals surface area contributed by atoms with Gasteiger partial charge in [0.15, 0.2) is 0 Å². The Balaban J connectivity index is 1.04. The van der Waals surface area contributed by atoms with E-state index in [1.165, 1.54) is 36.0 Å². The Bertz CT molecular complexity index is 1240. The standard InChI is InChI=1S/C33H41FN4O/c34-31-11-8-26(9-12-31)22-38-16-2-7-28-10-13-32(21-30(28)24-38)39-19-3-5-25-14-17-37(18-15-25)23-27-4-1-6-29(20-27)33(35)36/h1,4,6,8-13,20-21,25H,2-3,5,7,14-19,22-24H2,(H3,35,36). The van der Waals surface area contributed by atoms with Gasteiger partial charge < -0.3 is 10.5 Å². The predicted molar refractivity (Wildman–Crippen MR) is 155 cm³/mol. The SMILES string of the molecule is N=C(N)c1cccc(CN2CCC(CCCOc3ccc4c(c3)CN(Cc3ccc(F)cc3)CCC4)CC2)c1. The van der Waals surface area contributed by atoms with Gasteiger partial charge in [-0.3, -0.25) is 15.2 Å². The monoisotopic (exact) mass is 528 g/mol. The second-order valence-corrected chi connectivity index (χ2v) is 11.2. The number of nitrogen functional groups attached to an aromatic ring is 1. The normalized spacial score (nSPS) is 16.9. The third kappa shape index (κ3) is 7.90. The number of amidine groups is 1. The molecule has 6 heteroatoms. The Morgan fingerprint density at radius 1 is 0.897 bits per heavy atom. The first kappa shape index (κ1) is 27.4. The summed E-state index contributed by atoms with van der Waals surface area (Å²) in [6.07, 6.45) is 6.99. The molecular formula is C33H41FN4O. The molecule has 0 atom stereocenters. The molecule has 2 aliphatic heterocycles. The molecule has 206 valence electrons. The number of nitrogens with one attached hydrogen (secondary N) is 1. The first-order valence-electron chi connectivity index (χ1n) is 14.4. The molecule has 0 amide bonds. The maximum absolute atomic E-state index is 13.3. The van der Waals surface area contributed by atoms with Gasteiger partial charge in [-0.2, -0.15) is 0 Å². The molecule has 0 aromatic heterocycles. The maximum Gasteiger partial charge on any atom is 0.123 e. The van der Waals surface area contributed by atoms with E-state index in [1.807, 2.05) is 30.3 Å². The zero-order valence-corrected chi connectivity index (χ0v) is 22.9. The highest BCUT2D eigenvalue weighted by Gasteiger charge is 2.20. The van der Waals surface area contributed by atoms with Crippen LogP contribution in [-0.4, -0.2) is 41.9 Å². The summed E-state index contributed by atoms with van der Waals surface area (Å²) in [5.41, 5.74) is 11.6. The number of ether oxygens (including phenoxy) is 1. The number of hydrogen-bond acceptors (Lipinski definition) is 4. The van der Waals surface area contributed by atoms with Gasteiger partial charge >= 0.3 is 0 Å². The largest absolute Gasteiger partial charge is 0.494 e. The average Bonchev–Trinajstić information content (AvgIpc) is 3.14.